The number of hydrogen-bond donors (Lipinski definition) is 0. The Kier molecular flexibility index (Phi) is 3.95. The number of fused-ring (bicyclic) bond motifs is 3. The molecule has 0 radical (unpaired) electrons. The number of ketones is 1. The highest BCUT2D eigenvalue weighted by atomic mass is 16.7. The van der Waals surface area contributed by atoms with E-state index >= 15 is 0 Å². The quantitative estimate of drug-likeness (QED) is 0.463. The van der Waals surface area contributed by atoms with Crippen molar-refractivity contribution in [1.29, 1.82) is 0 Å². The molecule has 6 rings (SSSR count). The number of esters is 2. The van der Waals surface area contributed by atoms with Gasteiger partial charge in [0.1, 0.15) is 23.1 Å². The van der Waals surface area contributed by atoms with Crippen LogP contribution in [0.25, 0.3) is 0 Å². The molecule has 0 N–H and O–H groups in total. The molecule has 5 fully saturated rings. The van der Waals surface area contributed by atoms with Gasteiger partial charge in [0.2, 0.25) is 0 Å². The van der Waals surface area contributed by atoms with Gasteiger partial charge in [0.05, 0.1) is 17.9 Å². The minimum absolute atomic E-state index is 0.0287. The fraction of sp³-hybridized carbons (Fsp3) is 0.731. The van der Waals surface area contributed by atoms with Crippen LogP contribution in [0.3, 0.4) is 0 Å². The number of rotatable bonds is 1. The second-order valence-corrected chi connectivity index (χ2v) is 12.1. The van der Waals surface area contributed by atoms with Gasteiger partial charge in [-0.15, -0.1) is 0 Å². The van der Waals surface area contributed by atoms with Gasteiger partial charge in [-0.2, -0.15) is 0 Å². The molecule has 0 aromatic carbocycles. The molecular formula is C26H32O7. The van der Waals surface area contributed by atoms with Gasteiger partial charge in [-0.1, -0.05) is 13.8 Å². The van der Waals surface area contributed by atoms with Crippen LogP contribution in [-0.4, -0.2) is 35.0 Å². The van der Waals surface area contributed by atoms with Gasteiger partial charge >= 0.3 is 11.9 Å². The van der Waals surface area contributed by atoms with Crippen molar-refractivity contribution in [2.45, 2.75) is 90.1 Å². The van der Waals surface area contributed by atoms with Gasteiger partial charge in [0, 0.05) is 29.7 Å². The number of hydrogen-bond acceptors (Lipinski definition) is 7. The molecule has 7 nitrogen and oxygen atoms in total. The summed E-state index contributed by atoms with van der Waals surface area (Å²) in [7, 11) is 0. The lowest BCUT2D eigenvalue weighted by atomic mass is 9.37. The average molecular weight is 457 g/mol. The largest absolute Gasteiger partial charge is 0.472 e. The Hall–Kier alpha value is -2.15. The monoisotopic (exact) mass is 456 g/mol. The summed E-state index contributed by atoms with van der Waals surface area (Å²) in [5, 5.41) is 0. The first-order valence-corrected chi connectivity index (χ1v) is 12.1. The number of ether oxygens (including phenoxy) is 3. The van der Waals surface area contributed by atoms with Gasteiger partial charge in [-0.05, 0) is 57.4 Å². The molecule has 178 valence electrons. The Morgan fingerprint density at radius 3 is 2.42 bits per heavy atom. The number of carbonyl (C=O) groups is 3. The maximum Gasteiger partial charge on any atom is 0.339 e. The molecule has 7 heteroatoms. The van der Waals surface area contributed by atoms with Crippen LogP contribution in [-0.2, 0) is 28.6 Å². The summed E-state index contributed by atoms with van der Waals surface area (Å²) >= 11 is 0. The van der Waals surface area contributed by atoms with Crippen LogP contribution in [0.5, 0.6) is 0 Å². The summed E-state index contributed by atoms with van der Waals surface area (Å²) < 4.78 is 23.4. The van der Waals surface area contributed by atoms with Gasteiger partial charge in [-0.25, -0.2) is 4.79 Å². The standard InChI is InChI=1S/C26H32O7/c1-22(2)16-12-17(27)25(5)15(23(16,3)9-7-18(28)32-22)6-10-24(4)19(14-8-11-30-13-14)31-21(29)20-26(24,25)33-20/h8,11,13,15-16,19-20H,6-7,9-10,12H2,1-5H3/t15-,16+,19-,20-,23-,24+,25+,26-/m1/s1. The van der Waals surface area contributed by atoms with Crippen LogP contribution >= 0.6 is 0 Å². The second-order valence-electron chi connectivity index (χ2n) is 12.1. The lowest BCUT2D eigenvalue weighted by molar-refractivity contribution is -0.220. The Morgan fingerprint density at radius 2 is 1.73 bits per heavy atom. The van der Waals surface area contributed by atoms with Crippen molar-refractivity contribution >= 4 is 17.7 Å². The van der Waals surface area contributed by atoms with Crippen LogP contribution in [0.4, 0.5) is 0 Å². The molecule has 0 bridgehead atoms. The Balaban J connectivity index is 1.51. The molecule has 0 unspecified atom stereocenters. The number of epoxide rings is 1. The van der Waals surface area contributed by atoms with E-state index in [0.717, 1.165) is 18.4 Å². The molecule has 1 spiro atoms. The molecule has 0 amide bonds. The van der Waals surface area contributed by atoms with Crippen LogP contribution in [0.2, 0.25) is 0 Å². The zero-order chi connectivity index (χ0) is 23.6. The molecule has 3 aliphatic heterocycles. The van der Waals surface area contributed by atoms with E-state index in [1.165, 1.54) is 0 Å². The third-order valence-electron chi connectivity index (χ3n) is 10.4. The third-order valence-corrected chi connectivity index (χ3v) is 10.4. The molecule has 33 heavy (non-hydrogen) atoms. The van der Waals surface area contributed by atoms with E-state index in [-0.39, 0.29) is 29.0 Å². The maximum absolute atomic E-state index is 14.2. The lowest BCUT2D eigenvalue weighted by Gasteiger charge is -2.65. The van der Waals surface area contributed by atoms with Crippen LogP contribution in [0, 0.1) is 28.1 Å². The molecule has 1 aromatic heterocycles. The third kappa shape index (κ3) is 2.28. The first-order valence-electron chi connectivity index (χ1n) is 12.1. The number of carbonyl (C=O) groups excluding carboxylic acids is 3. The SMILES string of the molecule is CC1(C)OC(=O)CC[C@]2(C)[C@H]3CC[C@@]4(C)[C@@H](c5ccoc5)OC(=O)[C@H]5O[C@]54[C@]3(C)C(=O)C[C@@H]12. The Morgan fingerprint density at radius 1 is 0.970 bits per heavy atom. The summed E-state index contributed by atoms with van der Waals surface area (Å²) in [6.45, 7) is 10.2. The number of cyclic esters (lactones) is 2. The highest BCUT2D eigenvalue weighted by molar-refractivity contribution is 5.93. The van der Waals surface area contributed by atoms with Gasteiger partial charge in [-0.3, -0.25) is 9.59 Å². The Labute approximate surface area is 193 Å². The normalized spacial score (nSPS) is 50.0. The van der Waals surface area contributed by atoms with E-state index in [9.17, 15) is 14.4 Å². The van der Waals surface area contributed by atoms with Crippen molar-refractivity contribution in [2.24, 2.45) is 28.1 Å². The molecule has 2 aliphatic carbocycles. The molecule has 3 saturated heterocycles. The summed E-state index contributed by atoms with van der Waals surface area (Å²) in [6.07, 6.45) is 4.78. The fourth-order valence-electron chi connectivity index (χ4n) is 8.90. The highest BCUT2D eigenvalue weighted by Gasteiger charge is 2.88. The molecule has 4 heterocycles. The van der Waals surface area contributed by atoms with E-state index in [1.54, 1.807) is 12.5 Å². The Bertz CT molecular complexity index is 1060. The maximum atomic E-state index is 14.2. The van der Waals surface area contributed by atoms with Crippen molar-refractivity contribution in [3.63, 3.8) is 0 Å². The summed E-state index contributed by atoms with van der Waals surface area (Å²) in [4.78, 5) is 39.7. The van der Waals surface area contributed by atoms with E-state index in [1.807, 2.05) is 26.8 Å². The first kappa shape index (κ1) is 21.4. The summed E-state index contributed by atoms with van der Waals surface area (Å²) in [5.41, 5.74) is -2.58. The van der Waals surface area contributed by atoms with Crippen molar-refractivity contribution in [3.8, 4) is 0 Å². The second kappa shape index (κ2) is 6.09. The minimum atomic E-state index is -0.924. The lowest BCUT2D eigenvalue weighted by Crippen LogP contribution is -2.71. The molecule has 1 aromatic rings. The van der Waals surface area contributed by atoms with E-state index in [4.69, 9.17) is 18.6 Å². The van der Waals surface area contributed by atoms with Gasteiger partial charge in [0.25, 0.3) is 0 Å². The molecule has 8 atom stereocenters. The summed E-state index contributed by atoms with van der Waals surface area (Å²) in [6, 6.07) is 1.82. The van der Waals surface area contributed by atoms with Crippen LogP contribution in [0.1, 0.15) is 78.4 Å². The smallest absolute Gasteiger partial charge is 0.339 e. The van der Waals surface area contributed by atoms with Crippen molar-refractivity contribution in [3.05, 3.63) is 24.2 Å². The topological polar surface area (TPSA) is 95.3 Å². The van der Waals surface area contributed by atoms with Gasteiger partial charge < -0.3 is 18.6 Å². The summed E-state index contributed by atoms with van der Waals surface area (Å²) in [5.74, 6) is -0.611. The van der Waals surface area contributed by atoms with Gasteiger partial charge in [0.15, 0.2) is 6.10 Å². The fourth-order valence-corrected chi connectivity index (χ4v) is 8.90. The van der Waals surface area contributed by atoms with Crippen LogP contribution in [0.15, 0.2) is 23.0 Å². The minimum Gasteiger partial charge on any atom is -0.472 e. The predicted octanol–water partition coefficient (Wildman–Crippen LogP) is 4.15. The average Bonchev–Trinajstić information content (AvgIpc) is 3.33. The van der Waals surface area contributed by atoms with Crippen molar-refractivity contribution < 1.29 is 33.0 Å². The van der Waals surface area contributed by atoms with Crippen LogP contribution < -0.4 is 0 Å². The zero-order valence-corrected chi connectivity index (χ0v) is 19.9. The number of furan rings is 1. The van der Waals surface area contributed by atoms with Crippen molar-refractivity contribution in [1.82, 2.24) is 0 Å². The van der Waals surface area contributed by atoms with Crippen molar-refractivity contribution in [2.75, 3.05) is 0 Å². The van der Waals surface area contributed by atoms with E-state index in [0.29, 0.717) is 19.3 Å². The molecule has 5 aliphatic rings. The molecular weight excluding hydrogens is 424 g/mol. The highest BCUT2D eigenvalue weighted by Crippen LogP contribution is 2.78. The van der Waals surface area contributed by atoms with E-state index < -0.39 is 40.2 Å². The number of Topliss-reactive ketones (excluding diaryl/α,β-unsaturated/α-hetero) is 1. The zero-order valence-electron chi connectivity index (χ0n) is 19.9. The van der Waals surface area contributed by atoms with E-state index in [2.05, 4.69) is 13.8 Å². The molecule has 2 saturated carbocycles. The predicted molar refractivity (Wildman–Crippen MR) is 115 cm³/mol. The first-order chi connectivity index (χ1) is 15.4.